The Morgan fingerprint density at radius 1 is 1.17 bits per heavy atom. The van der Waals surface area contributed by atoms with Crippen molar-refractivity contribution in [1.82, 2.24) is 34.2 Å². The number of ether oxygens (including phenoxy) is 2. The number of piperidine rings is 1. The Kier molecular flexibility index (Phi) is 6.63. The molecule has 0 aromatic carbocycles. The highest BCUT2D eigenvalue weighted by atomic mass is 16.5. The summed E-state index contributed by atoms with van der Waals surface area (Å²) in [4.78, 5) is 33.3. The van der Waals surface area contributed by atoms with Crippen LogP contribution >= 0.6 is 0 Å². The first-order valence-corrected chi connectivity index (χ1v) is 11.7. The van der Waals surface area contributed by atoms with Crippen LogP contribution in [0, 0.1) is 0 Å². The van der Waals surface area contributed by atoms with Gasteiger partial charge in [0.2, 0.25) is 17.7 Å². The van der Waals surface area contributed by atoms with Gasteiger partial charge in [-0.05, 0) is 32.0 Å². The Morgan fingerprint density at radius 3 is 2.78 bits per heavy atom. The van der Waals surface area contributed by atoms with Gasteiger partial charge in [-0.3, -0.25) is 4.79 Å². The van der Waals surface area contributed by atoms with Gasteiger partial charge < -0.3 is 19.7 Å². The number of methoxy groups -OCH3 is 1. The Hall–Kier alpha value is -4.25. The highest BCUT2D eigenvalue weighted by Gasteiger charge is 2.21. The highest BCUT2D eigenvalue weighted by molar-refractivity contribution is 5.77. The van der Waals surface area contributed by atoms with Crippen LogP contribution in [0.3, 0.4) is 0 Å². The molecule has 0 saturated carbocycles. The zero-order valence-corrected chi connectivity index (χ0v) is 20.3. The Bertz CT molecular complexity index is 1440. The Labute approximate surface area is 208 Å². The average Bonchev–Trinajstić information content (AvgIpc) is 3.16. The van der Waals surface area contributed by atoms with E-state index in [0.29, 0.717) is 40.2 Å². The van der Waals surface area contributed by atoms with Crippen molar-refractivity contribution in [3.05, 3.63) is 65.7 Å². The fourth-order valence-corrected chi connectivity index (χ4v) is 4.20. The zero-order chi connectivity index (χ0) is 25.1. The van der Waals surface area contributed by atoms with Gasteiger partial charge in [-0.1, -0.05) is 12.1 Å². The van der Waals surface area contributed by atoms with Crippen molar-refractivity contribution in [2.24, 2.45) is 0 Å². The van der Waals surface area contributed by atoms with E-state index in [4.69, 9.17) is 14.5 Å². The largest absolute Gasteiger partial charge is 0.481 e. The quantitative estimate of drug-likeness (QED) is 0.374. The van der Waals surface area contributed by atoms with Crippen LogP contribution in [-0.2, 0) is 6.54 Å². The number of anilines is 2. The van der Waals surface area contributed by atoms with E-state index in [1.807, 2.05) is 18.2 Å². The second-order valence-corrected chi connectivity index (χ2v) is 8.59. The SMILES string of the molecule is C=CCn1c(=O)c2cnc(Nc3ccnc(OC)c3)nc2n1-c1cccc(OC2CCN(C)CC2)n1. The first-order valence-electron chi connectivity index (χ1n) is 11.7. The summed E-state index contributed by atoms with van der Waals surface area (Å²) in [6, 6.07) is 9.03. The number of likely N-dealkylation sites (tertiary alicyclic amines) is 1. The van der Waals surface area contributed by atoms with Gasteiger partial charge in [0.25, 0.3) is 5.56 Å². The smallest absolute Gasteiger partial charge is 0.278 e. The van der Waals surface area contributed by atoms with Crippen LogP contribution in [0.2, 0.25) is 0 Å². The van der Waals surface area contributed by atoms with Crippen molar-refractivity contribution >= 4 is 22.7 Å². The highest BCUT2D eigenvalue weighted by Crippen LogP contribution is 2.22. The van der Waals surface area contributed by atoms with Crippen molar-refractivity contribution in [2.75, 3.05) is 32.6 Å². The topological polar surface area (TPSA) is 112 Å². The molecule has 5 heterocycles. The Balaban J connectivity index is 1.53. The second-order valence-electron chi connectivity index (χ2n) is 8.59. The monoisotopic (exact) mass is 488 g/mol. The number of aromatic nitrogens is 6. The molecule has 0 spiro atoms. The summed E-state index contributed by atoms with van der Waals surface area (Å²) in [5, 5.41) is 3.52. The summed E-state index contributed by atoms with van der Waals surface area (Å²) in [5.74, 6) is 1.81. The molecular formula is C25H28N8O3. The number of pyridine rings is 2. The predicted molar refractivity (Wildman–Crippen MR) is 136 cm³/mol. The number of rotatable bonds is 8. The maximum atomic E-state index is 13.2. The van der Waals surface area contributed by atoms with Crippen LogP contribution < -0.4 is 20.3 Å². The van der Waals surface area contributed by atoms with Crippen LogP contribution in [0.15, 0.2) is 60.2 Å². The number of nitrogens with one attached hydrogen (secondary N) is 1. The van der Waals surface area contributed by atoms with Crippen LogP contribution in [0.25, 0.3) is 16.9 Å². The molecule has 1 fully saturated rings. The van der Waals surface area contributed by atoms with Crippen molar-refractivity contribution in [2.45, 2.75) is 25.5 Å². The summed E-state index contributed by atoms with van der Waals surface area (Å²) >= 11 is 0. The number of nitrogens with zero attached hydrogens (tertiary/aromatic N) is 7. The third-order valence-electron chi connectivity index (χ3n) is 6.06. The van der Waals surface area contributed by atoms with Crippen LogP contribution in [-0.4, -0.2) is 67.6 Å². The summed E-state index contributed by atoms with van der Waals surface area (Å²) in [6.45, 7) is 6.06. The van der Waals surface area contributed by atoms with E-state index >= 15 is 0 Å². The van der Waals surface area contributed by atoms with Crippen LogP contribution in [0.1, 0.15) is 12.8 Å². The van der Waals surface area contributed by atoms with Gasteiger partial charge in [0, 0.05) is 43.3 Å². The van der Waals surface area contributed by atoms with Crippen molar-refractivity contribution in [1.29, 1.82) is 0 Å². The molecule has 0 unspecified atom stereocenters. The second kappa shape index (κ2) is 10.2. The lowest BCUT2D eigenvalue weighted by molar-refractivity contribution is 0.110. The van der Waals surface area contributed by atoms with Gasteiger partial charge in [0.1, 0.15) is 11.5 Å². The van der Waals surface area contributed by atoms with Crippen molar-refractivity contribution < 1.29 is 9.47 Å². The first kappa shape index (κ1) is 23.5. The van der Waals surface area contributed by atoms with E-state index in [0.717, 1.165) is 25.9 Å². The zero-order valence-electron chi connectivity index (χ0n) is 20.3. The molecule has 1 aliphatic rings. The van der Waals surface area contributed by atoms with E-state index in [1.165, 1.54) is 10.9 Å². The molecule has 186 valence electrons. The first-order chi connectivity index (χ1) is 17.6. The number of fused-ring (bicyclic) bond motifs is 1. The molecular weight excluding hydrogens is 460 g/mol. The number of allylic oxidation sites excluding steroid dienone is 1. The minimum Gasteiger partial charge on any atom is -0.481 e. The van der Waals surface area contributed by atoms with Crippen LogP contribution in [0.5, 0.6) is 11.8 Å². The van der Waals surface area contributed by atoms with Crippen LogP contribution in [0.4, 0.5) is 11.6 Å². The lowest BCUT2D eigenvalue weighted by atomic mass is 10.1. The third kappa shape index (κ3) is 4.78. The van der Waals surface area contributed by atoms with E-state index in [2.05, 4.69) is 38.8 Å². The summed E-state index contributed by atoms with van der Waals surface area (Å²) < 4.78 is 14.6. The Morgan fingerprint density at radius 2 is 2.00 bits per heavy atom. The maximum absolute atomic E-state index is 13.2. The molecule has 1 N–H and O–H groups in total. The lowest BCUT2D eigenvalue weighted by Gasteiger charge is -2.29. The van der Waals surface area contributed by atoms with Crippen molar-refractivity contribution in [3.63, 3.8) is 0 Å². The minimum absolute atomic E-state index is 0.108. The van der Waals surface area contributed by atoms with E-state index in [1.54, 1.807) is 36.2 Å². The lowest BCUT2D eigenvalue weighted by Crippen LogP contribution is -2.35. The normalized spacial score (nSPS) is 14.6. The van der Waals surface area contributed by atoms with E-state index < -0.39 is 0 Å². The molecule has 4 aromatic heterocycles. The van der Waals surface area contributed by atoms with Gasteiger partial charge in [0.05, 0.1) is 13.7 Å². The van der Waals surface area contributed by atoms with E-state index in [-0.39, 0.29) is 18.2 Å². The molecule has 5 rings (SSSR count). The molecule has 0 bridgehead atoms. The molecule has 0 radical (unpaired) electrons. The summed E-state index contributed by atoms with van der Waals surface area (Å²) in [5.41, 5.74) is 0.891. The summed E-state index contributed by atoms with van der Waals surface area (Å²) in [7, 11) is 3.66. The molecule has 0 aliphatic carbocycles. The molecule has 0 amide bonds. The average molecular weight is 489 g/mol. The predicted octanol–water partition coefficient (Wildman–Crippen LogP) is 2.78. The van der Waals surface area contributed by atoms with Gasteiger partial charge in [-0.25, -0.2) is 19.3 Å². The fourth-order valence-electron chi connectivity index (χ4n) is 4.20. The van der Waals surface area contributed by atoms with Gasteiger partial charge >= 0.3 is 0 Å². The number of hydrogen-bond donors (Lipinski definition) is 1. The molecule has 0 atom stereocenters. The van der Waals surface area contributed by atoms with Gasteiger partial charge in [-0.15, -0.1) is 6.58 Å². The minimum atomic E-state index is -0.231. The molecule has 4 aromatic rings. The molecule has 1 aliphatic heterocycles. The van der Waals surface area contributed by atoms with Crippen molar-refractivity contribution in [3.8, 4) is 17.6 Å². The van der Waals surface area contributed by atoms with E-state index in [9.17, 15) is 4.79 Å². The number of hydrogen-bond acceptors (Lipinski definition) is 9. The summed E-state index contributed by atoms with van der Waals surface area (Å²) in [6.07, 6.45) is 6.79. The standard InChI is InChI=1S/C25H28N8O3/c1-4-12-32-24(34)19-16-27-25(28-17-8-11-26-22(15-17)35-3)30-23(19)33(32)20-6-5-7-21(29-20)36-18-9-13-31(2)14-10-18/h4-8,11,15-16,18H,1,9-10,12-14H2,2-3H3,(H,26,27,28,30). The maximum Gasteiger partial charge on any atom is 0.278 e. The molecule has 36 heavy (non-hydrogen) atoms. The molecule has 11 heteroatoms. The molecule has 1 saturated heterocycles. The van der Waals surface area contributed by atoms with Gasteiger partial charge in [0.15, 0.2) is 11.5 Å². The molecule has 11 nitrogen and oxygen atoms in total. The van der Waals surface area contributed by atoms with Gasteiger partial charge in [-0.2, -0.15) is 9.97 Å². The third-order valence-corrected chi connectivity index (χ3v) is 6.06. The fraction of sp³-hybridized carbons (Fsp3) is 0.320.